The molecule has 0 nitrogen and oxygen atoms in total. The molecule has 0 aromatic heterocycles. The van der Waals surface area contributed by atoms with Crippen LogP contribution in [-0.4, -0.2) is 0 Å². The van der Waals surface area contributed by atoms with Crippen LogP contribution in [0.15, 0.2) is 97.1 Å². The van der Waals surface area contributed by atoms with Crippen molar-refractivity contribution in [3.8, 4) is 0 Å². The third-order valence-electron chi connectivity index (χ3n) is 8.02. The molecule has 1 spiro atoms. The van der Waals surface area contributed by atoms with Crippen molar-refractivity contribution in [1.29, 1.82) is 0 Å². The summed E-state index contributed by atoms with van der Waals surface area (Å²) in [6.07, 6.45) is 0. The number of rotatable bonds is 0. The molecule has 31 heavy (non-hydrogen) atoms. The van der Waals surface area contributed by atoms with Crippen molar-refractivity contribution in [3.63, 3.8) is 0 Å². The van der Waals surface area contributed by atoms with E-state index >= 15 is 0 Å². The van der Waals surface area contributed by atoms with Crippen LogP contribution >= 0.6 is 0 Å². The number of benzene rings is 4. The van der Waals surface area contributed by atoms with Crippen LogP contribution in [-0.2, 0) is 16.2 Å². The summed E-state index contributed by atoms with van der Waals surface area (Å²) in [6.45, 7) is 9.51. The highest BCUT2D eigenvalue weighted by Crippen LogP contribution is 2.61. The summed E-state index contributed by atoms with van der Waals surface area (Å²) in [5, 5.41) is 0. The molecule has 0 heteroatoms. The highest BCUT2D eigenvalue weighted by molar-refractivity contribution is 5.75. The third kappa shape index (κ3) is 2.11. The molecule has 0 amide bonds. The van der Waals surface area contributed by atoms with Gasteiger partial charge < -0.3 is 0 Å². The molecular formula is C31H28. The first-order valence-corrected chi connectivity index (χ1v) is 11.3. The fourth-order valence-electron chi connectivity index (χ4n) is 6.58. The molecule has 0 heterocycles. The van der Waals surface area contributed by atoms with Gasteiger partial charge in [-0.3, -0.25) is 0 Å². The predicted octanol–water partition coefficient (Wildman–Crippen LogP) is 7.35. The van der Waals surface area contributed by atoms with Crippen LogP contribution in [0.5, 0.6) is 0 Å². The monoisotopic (exact) mass is 400 g/mol. The van der Waals surface area contributed by atoms with Gasteiger partial charge in [-0.25, -0.2) is 0 Å². The smallest absolute Gasteiger partial charge is 0.0619 e. The summed E-state index contributed by atoms with van der Waals surface area (Å²) in [7, 11) is 0. The zero-order chi connectivity index (χ0) is 21.4. The van der Waals surface area contributed by atoms with Gasteiger partial charge >= 0.3 is 0 Å². The molecule has 0 saturated heterocycles. The minimum absolute atomic E-state index is 0.0463. The average Bonchev–Trinajstić information content (AvgIpc) is 2.80. The Morgan fingerprint density at radius 1 is 0.323 bits per heavy atom. The molecule has 0 saturated carbocycles. The van der Waals surface area contributed by atoms with Gasteiger partial charge in [0, 0.05) is 10.8 Å². The lowest BCUT2D eigenvalue weighted by molar-refractivity contribution is 0.514. The molecule has 0 bridgehead atoms. The normalized spacial score (nSPS) is 18.5. The Hall–Kier alpha value is -3.12. The fourth-order valence-corrected chi connectivity index (χ4v) is 6.58. The van der Waals surface area contributed by atoms with Crippen molar-refractivity contribution < 1.29 is 0 Å². The van der Waals surface area contributed by atoms with Crippen molar-refractivity contribution in [3.05, 3.63) is 142 Å². The first-order chi connectivity index (χ1) is 14.9. The van der Waals surface area contributed by atoms with Crippen molar-refractivity contribution in [2.75, 3.05) is 0 Å². The SMILES string of the molecule is CC1(C)c2ccccc2C2(c3ccccc31)c1ccccc1C(C)(C)c1ccccc12. The van der Waals surface area contributed by atoms with Gasteiger partial charge in [0.05, 0.1) is 5.41 Å². The summed E-state index contributed by atoms with van der Waals surface area (Å²) in [5.74, 6) is 0. The Morgan fingerprint density at radius 2 is 0.516 bits per heavy atom. The second-order valence-electron chi connectivity index (χ2n) is 10.2. The highest BCUT2D eigenvalue weighted by atomic mass is 14.6. The van der Waals surface area contributed by atoms with E-state index in [1.165, 1.54) is 44.5 Å². The van der Waals surface area contributed by atoms with Crippen molar-refractivity contribution in [2.45, 2.75) is 43.9 Å². The topological polar surface area (TPSA) is 0 Å². The molecule has 4 aromatic carbocycles. The van der Waals surface area contributed by atoms with Crippen LogP contribution in [0, 0.1) is 0 Å². The standard InChI is InChI=1S/C31H28/c1-29(2)21-13-5-9-17-25(21)31(26-18-10-6-14-22(26)29)27-19-11-7-15-23(27)30(3,4)24-16-8-12-20-28(24)31/h5-20H,1-4H3. The number of fused-ring (bicyclic) bond motifs is 8. The van der Waals surface area contributed by atoms with E-state index in [0.29, 0.717) is 0 Å². The van der Waals surface area contributed by atoms with Crippen molar-refractivity contribution in [1.82, 2.24) is 0 Å². The zero-order valence-corrected chi connectivity index (χ0v) is 18.7. The van der Waals surface area contributed by atoms with Gasteiger partial charge in [-0.1, -0.05) is 125 Å². The van der Waals surface area contributed by atoms with Crippen LogP contribution in [0.2, 0.25) is 0 Å². The van der Waals surface area contributed by atoms with Crippen molar-refractivity contribution in [2.24, 2.45) is 0 Å². The average molecular weight is 401 g/mol. The second-order valence-corrected chi connectivity index (χ2v) is 10.2. The largest absolute Gasteiger partial charge is 0.0713 e. The van der Waals surface area contributed by atoms with Gasteiger partial charge in [0.1, 0.15) is 0 Å². The van der Waals surface area contributed by atoms with Gasteiger partial charge in [0.25, 0.3) is 0 Å². The Balaban J connectivity index is 1.90. The van der Waals surface area contributed by atoms with Crippen molar-refractivity contribution >= 4 is 0 Å². The first kappa shape index (κ1) is 18.6. The molecule has 0 fully saturated rings. The Bertz CT molecular complexity index is 1130. The van der Waals surface area contributed by atoms with Gasteiger partial charge in [-0.05, 0) is 44.5 Å². The van der Waals surface area contributed by atoms with Gasteiger partial charge in [0.15, 0.2) is 0 Å². The predicted molar refractivity (Wildman–Crippen MR) is 129 cm³/mol. The van der Waals surface area contributed by atoms with E-state index in [4.69, 9.17) is 0 Å². The molecule has 4 aromatic rings. The molecule has 2 aliphatic rings. The van der Waals surface area contributed by atoms with Gasteiger partial charge in [0.2, 0.25) is 0 Å². The summed E-state index contributed by atoms with van der Waals surface area (Å²) >= 11 is 0. The molecule has 0 radical (unpaired) electrons. The van der Waals surface area contributed by atoms with E-state index in [2.05, 4.69) is 125 Å². The molecule has 0 N–H and O–H groups in total. The number of hydrogen-bond donors (Lipinski definition) is 0. The quantitative estimate of drug-likeness (QED) is 0.289. The Kier molecular flexibility index (Phi) is 3.59. The van der Waals surface area contributed by atoms with E-state index in [1.54, 1.807) is 0 Å². The van der Waals surface area contributed by atoms with E-state index in [1.807, 2.05) is 0 Å². The maximum absolute atomic E-state index is 2.38. The van der Waals surface area contributed by atoms with Crippen LogP contribution < -0.4 is 0 Å². The summed E-state index contributed by atoms with van der Waals surface area (Å²) in [4.78, 5) is 0. The van der Waals surface area contributed by atoms with Crippen LogP contribution in [0.25, 0.3) is 0 Å². The fraction of sp³-hybridized carbons (Fsp3) is 0.226. The second kappa shape index (κ2) is 5.98. The maximum Gasteiger partial charge on any atom is 0.0713 e. The Morgan fingerprint density at radius 3 is 0.742 bits per heavy atom. The summed E-state index contributed by atoms with van der Waals surface area (Å²) in [5.41, 5.74) is 11.0. The van der Waals surface area contributed by atoms with Crippen LogP contribution in [0.4, 0.5) is 0 Å². The minimum atomic E-state index is -0.300. The summed E-state index contributed by atoms with van der Waals surface area (Å²) < 4.78 is 0. The lowest BCUT2D eigenvalue weighted by Crippen LogP contribution is -2.47. The molecule has 0 unspecified atom stereocenters. The first-order valence-electron chi connectivity index (χ1n) is 11.3. The molecule has 6 rings (SSSR count). The lowest BCUT2D eigenvalue weighted by Gasteiger charge is -2.53. The minimum Gasteiger partial charge on any atom is -0.0619 e. The van der Waals surface area contributed by atoms with Gasteiger partial charge in [-0.15, -0.1) is 0 Å². The zero-order valence-electron chi connectivity index (χ0n) is 18.7. The van der Waals surface area contributed by atoms with E-state index in [9.17, 15) is 0 Å². The summed E-state index contributed by atoms with van der Waals surface area (Å²) in [6, 6.07) is 36.6. The van der Waals surface area contributed by atoms with E-state index in [-0.39, 0.29) is 16.2 Å². The molecule has 0 aliphatic heterocycles. The third-order valence-corrected chi connectivity index (χ3v) is 8.02. The van der Waals surface area contributed by atoms with Crippen LogP contribution in [0.1, 0.15) is 72.2 Å². The molecular weight excluding hydrogens is 372 g/mol. The molecule has 2 aliphatic carbocycles. The Labute approximate surface area is 185 Å². The molecule has 152 valence electrons. The highest BCUT2D eigenvalue weighted by Gasteiger charge is 2.54. The van der Waals surface area contributed by atoms with Gasteiger partial charge in [-0.2, -0.15) is 0 Å². The maximum atomic E-state index is 2.38. The number of hydrogen-bond acceptors (Lipinski definition) is 0. The van der Waals surface area contributed by atoms with E-state index < -0.39 is 0 Å². The molecule has 0 atom stereocenters. The van der Waals surface area contributed by atoms with E-state index in [0.717, 1.165) is 0 Å². The van der Waals surface area contributed by atoms with Crippen LogP contribution in [0.3, 0.4) is 0 Å². The lowest BCUT2D eigenvalue weighted by atomic mass is 9.49.